The number of aryl methyl sites for hydroxylation is 4. The van der Waals surface area contributed by atoms with E-state index in [1.807, 2.05) is 0 Å². The Hall–Kier alpha value is -1.96. The van der Waals surface area contributed by atoms with Crippen molar-refractivity contribution in [3.63, 3.8) is 0 Å². The van der Waals surface area contributed by atoms with Crippen LogP contribution in [0, 0.1) is 13.8 Å². The molecule has 0 aromatic heterocycles. The second-order valence-corrected chi connectivity index (χ2v) is 5.07. The lowest BCUT2D eigenvalue weighted by Gasteiger charge is -2.07. The molecule has 0 saturated carbocycles. The molecule has 2 nitrogen and oxygen atoms in total. The summed E-state index contributed by atoms with van der Waals surface area (Å²) < 4.78 is 0. The summed E-state index contributed by atoms with van der Waals surface area (Å²) in [7, 11) is 0. The number of rotatable bonds is 4. The molecule has 20 heavy (non-hydrogen) atoms. The Balaban J connectivity index is 2.45. The Kier molecular flexibility index (Phi) is 4.67. The molecule has 2 rings (SSSR count). The smallest absolute Gasteiger partial charge is 0.0918 e. The van der Waals surface area contributed by atoms with E-state index >= 15 is 0 Å². The highest BCUT2D eigenvalue weighted by molar-refractivity contribution is 5.55. The van der Waals surface area contributed by atoms with Crippen LogP contribution in [0.5, 0.6) is 0 Å². The summed E-state index contributed by atoms with van der Waals surface area (Å²) in [6, 6.07) is 12.6. The van der Waals surface area contributed by atoms with Crippen LogP contribution in [-0.4, -0.2) is 0 Å². The highest BCUT2D eigenvalue weighted by Crippen LogP contribution is 2.30. The molecular weight excluding hydrogens is 244 g/mol. The number of benzene rings is 2. The summed E-state index contributed by atoms with van der Waals surface area (Å²) in [5.41, 5.74) is 6.89. The fourth-order valence-corrected chi connectivity index (χ4v) is 2.40. The lowest BCUT2D eigenvalue weighted by atomic mass is 10.1. The molecule has 0 spiro atoms. The third-order valence-corrected chi connectivity index (χ3v) is 3.65. The first-order valence-electron chi connectivity index (χ1n) is 7.26. The Labute approximate surface area is 121 Å². The topological polar surface area (TPSA) is 24.7 Å². The van der Waals surface area contributed by atoms with E-state index in [-0.39, 0.29) is 0 Å². The fraction of sp³-hybridized carbons (Fsp3) is 0.333. The molecule has 0 N–H and O–H groups in total. The second-order valence-electron chi connectivity index (χ2n) is 5.07. The van der Waals surface area contributed by atoms with Gasteiger partial charge < -0.3 is 0 Å². The van der Waals surface area contributed by atoms with Gasteiger partial charge in [0.05, 0.1) is 11.4 Å². The first-order valence-corrected chi connectivity index (χ1v) is 7.26. The Morgan fingerprint density at radius 3 is 1.45 bits per heavy atom. The fourth-order valence-electron chi connectivity index (χ4n) is 2.40. The van der Waals surface area contributed by atoms with Gasteiger partial charge in [-0.2, -0.15) is 0 Å². The van der Waals surface area contributed by atoms with Gasteiger partial charge in [0, 0.05) is 0 Å². The van der Waals surface area contributed by atoms with Crippen molar-refractivity contribution in [2.24, 2.45) is 10.2 Å². The minimum atomic E-state index is 0.977. The normalized spacial score (nSPS) is 11.2. The van der Waals surface area contributed by atoms with Crippen molar-refractivity contribution in [3.8, 4) is 0 Å². The lowest BCUT2D eigenvalue weighted by molar-refractivity contribution is 1.07. The van der Waals surface area contributed by atoms with Crippen molar-refractivity contribution < 1.29 is 0 Å². The van der Waals surface area contributed by atoms with Crippen molar-refractivity contribution in [1.29, 1.82) is 0 Å². The van der Waals surface area contributed by atoms with Crippen molar-refractivity contribution in [1.82, 2.24) is 0 Å². The van der Waals surface area contributed by atoms with Gasteiger partial charge in [0.25, 0.3) is 0 Å². The van der Waals surface area contributed by atoms with E-state index in [1.165, 1.54) is 22.3 Å². The molecule has 0 heterocycles. The van der Waals surface area contributed by atoms with Crippen molar-refractivity contribution in [2.75, 3.05) is 0 Å². The zero-order valence-corrected chi connectivity index (χ0v) is 12.8. The molecular formula is C18H22N2. The molecule has 104 valence electrons. The Bertz CT molecular complexity index is 572. The summed E-state index contributed by atoms with van der Waals surface area (Å²) in [6.45, 7) is 8.48. The molecule has 0 fully saturated rings. The van der Waals surface area contributed by atoms with E-state index in [9.17, 15) is 0 Å². The maximum Gasteiger partial charge on any atom is 0.0918 e. The highest BCUT2D eigenvalue weighted by Gasteiger charge is 2.05. The van der Waals surface area contributed by atoms with Gasteiger partial charge in [-0.3, -0.25) is 0 Å². The van der Waals surface area contributed by atoms with E-state index in [2.05, 4.69) is 74.3 Å². The monoisotopic (exact) mass is 266 g/mol. The second kappa shape index (κ2) is 6.47. The highest BCUT2D eigenvalue weighted by atomic mass is 15.1. The number of azo groups is 1. The quantitative estimate of drug-likeness (QED) is 0.621. The molecule has 0 aliphatic rings. The predicted octanol–water partition coefficient (Wildman–Crippen LogP) is 5.84. The molecule has 0 aliphatic carbocycles. The first kappa shape index (κ1) is 14.4. The van der Waals surface area contributed by atoms with Crippen LogP contribution in [0.3, 0.4) is 0 Å². The number of hydrogen-bond donors (Lipinski definition) is 0. The SMILES string of the molecule is CCc1cccc(C)c1/N=N/c1c(C)cccc1CC. The van der Waals surface area contributed by atoms with Gasteiger partial charge in [0.15, 0.2) is 0 Å². The summed E-state index contributed by atoms with van der Waals surface area (Å²) in [5, 5.41) is 9.08. The molecule has 0 saturated heterocycles. The Morgan fingerprint density at radius 1 is 0.700 bits per heavy atom. The average molecular weight is 266 g/mol. The molecule has 0 bridgehead atoms. The number of nitrogens with zero attached hydrogens (tertiary/aromatic N) is 2. The van der Waals surface area contributed by atoms with Gasteiger partial charge in [-0.15, -0.1) is 10.2 Å². The van der Waals surface area contributed by atoms with Gasteiger partial charge in [-0.1, -0.05) is 50.2 Å². The van der Waals surface area contributed by atoms with Crippen molar-refractivity contribution >= 4 is 11.4 Å². The van der Waals surface area contributed by atoms with E-state index in [0.717, 1.165) is 24.2 Å². The minimum absolute atomic E-state index is 0.977. The number of hydrogen-bond acceptors (Lipinski definition) is 2. The summed E-state index contributed by atoms with van der Waals surface area (Å²) >= 11 is 0. The van der Waals surface area contributed by atoms with Crippen LogP contribution < -0.4 is 0 Å². The molecule has 0 radical (unpaired) electrons. The van der Waals surface area contributed by atoms with Gasteiger partial charge in [-0.25, -0.2) is 0 Å². The Morgan fingerprint density at radius 2 is 1.10 bits per heavy atom. The van der Waals surface area contributed by atoms with Gasteiger partial charge in [-0.05, 0) is 48.9 Å². The van der Waals surface area contributed by atoms with Crippen LogP contribution in [0.4, 0.5) is 11.4 Å². The third kappa shape index (κ3) is 2.96. The molecule has 2 heteroatoms. The molecule has 0 aliphatic heterocycles. The van der Waals surface area contributed by atoms with Crippen LogP contribution in [0.25, 0.3) is 0 Å². The van der Waals surface area contributed by atoms with Crippen LogP contribution in [0.2, 0.25) is 0 Å². The maximum atomic E-state index is 4.54. The predicted molar refractivity (Wildman–Crippen MR) is 85.3 cm³/mol. The van der Waals surface area contributed by atoms with E-state index in [1.54, 1.807) is 0 Å². The average Bonchev–Trinajstić information content (AvgIpc) is 2.46. The molecule has 2 aromatic carbocycles. The van der Waals surface area contributed by atoms with Crippen molar-refractivity contribution in [3.05, 3.63) is 58.7 Å². The van der Waals surface area contributed by atoms with Crippen LogP contribution in [0.1, 0.15) is 36.1 Å². The zero-order chi connectivity index (χ0) is 14.5. The summed E-state index contributed by atoms with van der Waals surface area (Å²) in [4.78, 5) is 0. The van der Waals surface area contributed by atoms with Crippen LogP contribution >= 0.6 is 0 Å². The van der Waals surface area contributed by atoms with Gasteiger partial charge in [0.1, 0.15) is 0 Å². The van der Waals surface area contributed by atoms with E-state index in [4.69, 9.17) is 0 Å². The van der Waals surface area contributed by atoms with E-state index < -0.39 is 0 Å². The minimum Gasteiger partial charge on any atom is -0.150 e. The summed E-state index contributed by atoms with van der Waals surface area (Å²) in [5.74, 6) is 0. The third-order valence-electron chi connectivity index (χ3n) is 3.65. The molecule has 0 amide bonds. The largest absolute Gasteiger partial charge is 0.150 e. The zero-order valence-electron chi connectivity index (χ0n) is 12.8. The molecule has 0 unspecified atom stereocenters. The van der Waals surface area contributed by atoms with Gasteiger partial charge >= 0.3 is 0 Å². The van der Waals surface area contributed by atoms with Crippen LogP contribution in [0.15, 0.2) is 46.6 Å². The lowest BCUT2D eigenvalue weighted by Crippen LogP contribution is -1.86. The standard InChI is InChI=1S/C18H22N2/c1-5-15-11-7-9-13(3)17(15)19-20-18-14(4)10-8-12-16(18)6-2/h7-12H,5-6H2,1-4H3/b20-19+. The first-order chi connectivity index (χ1) is 9.67. The summed E-state index contributed by atoms with van der Waals surface area (Å²) in [6.07, 6.45) is 1.95. The van der Waals surface area contributed by atoms with Crippen molar-refractivity contribution in [2.45, 2.75) is 40.5 Å². The maximum absolute atomic E-state index is 4.54. The molecule has 0 atom stereocenters. The van der Waals surface area contributed by atoms with Gasteiger partial charge in [0.2, 0.25) is 0 Å². The molecule has 2 aromatic rings. The van der Waals surface area contributed by atoms with Crippen LogP contribution in [-0.2, 0) is 12.8 Å². The van der Waals surface area contributed by atoms with E-state index in [0.29, 0.717) is 0 Å².